The van der Waals surface area contributed by atoms with Crippen molar-refractivity contribution in [3.05, 3.63) is 0 Å². The van der Waals surface area contributed by atoms with Crippen LogP contribution in [-0.2, 0) is 9.59 Å². The highest BCUT2D eigenvalue weighted by Gasteiger charge is 2.01. The Morgan fingerprint density at radius 2 is 1.45 bits per heavy atom. The van der Waals surface area contributed by atoms with Crippen molar-refractivity contribution in [2.75, 3.05) is 13.2 Å². The summed E-state index contributed by atoms with van der Waals surface area (Å²) >= 11 is 0. The molecule has 0 aromatic heterocycles. The maximum Gasteiger partial charge on any atom is 0.314 e. The highest BCUT2D eigenvalue weighted by Crippen LogP contribution is 1.74. The number of aliphatic carboxylic acids is 2. The van der Waals surface area contributed by atoms with E-state index in [2.05, 4.69) is 0 Å². The van der Waals surface area contributed by atoms with Crippen molar-refractivity contribution < 1.29 is 24.9 Å². The van der Waals surface area contributed by atoms with Gasteiger partial charge in [-0.05, 0) is 0 Å². The number of hydrogen-bond acceptors (Lipinski definition) is 4. The van der Waals surface area contributed by atoms with Crippen LogP contribution in [0.2, 0.25) is 0 Å². The normalized spacial score (nSPS) is 7.82. The lowest BCUT2D eigenvalue weighted by atomic mass is 10.5. The molecule has 0 saturated carbocycles. The molecule has 0 fully saturated rings. The second kappa shape index (κ2) is 8.86. The largest absolute Gasteiger partial charge is 0.481 e. The number of carbonyl (C=O) groups is 2. The van der Waals surface area contributed by atoms with E-state index in [0.717, 1.165) is 0 Å². The van der Waals surface area contributed by atoms with Crippen LogP contribution in [0.5, 0.6) is 0 Å². The van der Waals surface area contributed by atoms with Crippen molar-refractivity contribution in [3.63, 3.8) is 0 Å². The summed E-state index contributed by atoms with van der Waals surface area (Å²) in [5, 5.41) is 23.2. The van der Waals surface area contributed by atoms with Gasteiger partial charge in [-0.25, -0.2) is 0 Å². The average Bonchev–Trinajstić information content (AvgIpc) is 1.85. The van der Waals surface area contributed by atoms with Crippen LogP contribution in [0, 0.1) is 0 Å². The molecule has 0 unspecified atom stereocenters. The van der Waals surface area contributed by atoms with Crippen LogP contribution < -0.4 is 5.73 Å². The summed E-state index contributed by atoms with van der Waals surface area (Å²) in [6.45, 7) is 0.472. The molecular weight excluding hydrogens is 154 g/mol. The van der Waals surface area contributed by atoms with E-state index < -0.39 is 18.4 Å². The van der Waals surface area contributed by atoms with Crippen LogP contribution >= 0.6 is 0 Å². The average molecular weight is 165 g/mol. The summed E-state index contributed by atoms with van der Waals surface area (Å²) in [7, 11) is 0. The van der Waals surface area contributed by atoms with Gasteiger partial charge in [0.1, 0.15) is 6.42 Å². The van der Waals surface area contributed by atoms with Gasteiger partial charge in [0.25, 0.3) is 0 Å². The van der Waals surface area contributed by atoms with E-state index in [-0.39, 0.29) is 6.61 Å². The molecule has 0 aliphatic heterocycles. The van der Waals surface area contributed by atoms with Crippen LogP contribution in [0.25, 0.3) is 0 Å². The first-order chi connectivity index (χ1) is 5.04. The second-order valence-corrected chi connectivity index (χ2v) is 1.48. The maximum atomic E-state index is 9.43. The molecule has 0 rings (SSSR count). The highest BCUT2D eigenvalue weighted by molar-refractivity contribution is 5.88. The van der Waals surface area contributed by atoms with E-state index in [0.29, 0.717) is 6.54 Å². The topological polar surface area (TPSA) is 121 Å². The molecule has 0 radical (unpaired) electrons. The van der Waals surface area contributed by atoms with Gasteiger partial charge >= 0.3 is 11.9 Å². The number of hydrogen-bond donors (Lipinski definition) is 4. The van der Waals surface area contributed by atoms with Gasteiger partial charge in [0, 0.05) is 6.54 Å². The second-order valence-electron chi connectivity index (χ2n) is 1.48. The number of carboxylic acid groups (broad SMARTS) is 2. The van der Waals surface area contributed by atoms with Gasteiger partial charge < -0.3 is 21.1 Å². The first-order valence-electron chi connectivity index (χ1n) is 2.79. The van der Waals surface area contributed by atoms with Crippen LogP contribution in [0.1, 0.15) is 6.42 Å². The van der Waals surface area contributed by atoms with Crippen LogP contribution in [0.4, 0.5) is 0 Å². The zero-order valence-electron chi connectivity index (χ0n) is 5.86. The van der Waals surface area contributed by atoms with Crippen LogP contribution in [0.15, 0.2) is 0 Å². The molecule has 11 heavy (non-hydrogen) atoms. The number of aliphatic hydroxyl groups excluding tert-OH is 1. The third kappa shape index (κ3) is 28.0. The number of nitrogens with two attached hydrogens (primary N) is 1. The summed E-state index contributed by atoms with van der Waals surface area (Å²) in [6, 6.07) is 0. The quantitative estimate of drug-likeness (QED) is 0.377. The number of aliphatic hydroxyl groups is 1. The minimum Gasteiger partial charge on any atom is -0.481 e. The highest BCUT2D eigenvalue weighted by atomic mass is 16.4. The standard InChI is InChI=1S/C3H4O4.C2H7NO/c4-2(5)1-3(6)7;3-1-2-4/h1H2,(H,4,5)(H,6,7);4H,1-3H2. The number of carboxylic acids is 2. The molecule has 66 valence electrons. The molecule has 0 aliphatic carbocycles. The molecule has 0 spiro atoms. The fourth-order valence-electron chi connectivity index (χ4n) is 0.129. The zero-order valence-corrected chi connectivity index (χ0v) is 5.86. The minimum absolute atomic E-state index is 0.0972. The Hall–Kier alpha value is -1.14. The molecule has 0 aliphatic rings. The monoisotopic (exact) mass is 165 g/mol. The Bertz CT molecular complexity index is 110. The first kappa shape index (κ1) is 12.5. The van der Waals surface area contributed by atoms with E-state index in [1.807, 2.05) is 0 Å². The van der Waals surface area contributed by atoms with Crippen molar-refractivity contribution in [2.24, 2.45) is 5.73 Å². The lowest BCUT2D eigenvalue weighted by molar-refractivity contribution is -0.147. The molecule has 0 saturated heterocycles. The van der Waals surface area contributed by atoms with Gasteiger partial charge in [0.15, 0.2) is 0 Å². The van der Waals surface area contributed by atoms with Gasteiger partial charge in [-0.3, -0.25) is 9.59 Å². The van der Waals surface area contributed by atoms with Crippen LogP contribution in [-0.4, -0.2) is 40.4 Å². The minimum atomic E-state index is -1.31. The Morgan fingerprint density at radius 3 is 1.45 bits per heavy atom. The Labute approximate surface area is 63.3 Å². The SMILES string of the molecule is NCCO.O=C(O)CC(=O)O. The molecule has 0 amide bonds. The number of rotatable bonds is 3. The van der Waals surface area contributed by atoms with E-state index in [1.165, 1.54) is 0 Å². The van der Waals surface area contributed by atoms with E-state index >= 15 is 0 Å². The van der Waals surface area contributed by atoms with Crippen molar-refractivity contribution in [3.8, 4) is 0 Å². The fourth-order valence-corrected chi connectivity index (χ4v) is 0.129. The van der Waals surface area contributed by atoms with E-state index in [1.54, 1.807) is 0 Å². The van der Waals surface area contributed by atoms with Crippen molar-refractivity contribution in [1.29, 1.82) is 0 Å². The van der Waals surface area contributed by atoms with Crippen LogP contribution in [0.3, 0.4) is 0 Å². The molecule has 6 heteroatoms. The molecule has 0 aromatic rings. The Morgan fingerprint density at radius 1 is 1.18 bits per heavy atom. The van der Waals surface area contributed by atoms with Crippen molar-refractivity contribution in [2.45, 2.75) is 6.42 Å². The Balaban J connectivity index is 0. The Kier molecular flexibility index (Phi) is 10.1. The van der Waals surface area contributed by atoms with Gasteiger partial charge in [-0.15, -0.1) is 0 Å². The maximum absolute atomic E-state index is 9.43. The molecule has 0 heterocycles. The van der Waals surface area contributed by atoms with Gasteiger partial charge in [0.2, 0.25) is 0 Å². The molecule has 0 atom stereocenters. The first-order valence-corrected chi connectivity index (χ1v) is 2.79. The molecule has 0 aromatic carbocycles. The lowest BCUT2D eigenvalue weighted by Gasteiger charge is -1.80. The van der Waals surface area contributed by atoms with Gasteiger partial charge in [-0.1, -0.05) is 0 Å². The predicted octanol–water partition coefficient (Wildman–Crippen LogP) is -1.52. The fraction of sp³-hybridized carbons (Fsp3) is 0.600. The predicted molar refractivity (Wildman–Crippen MR) is 36.0 cm³/mol. The molecule has 0 bridgehead atoms. The van der Waals surface area contributed by atoms with Crippen molar-refractivity contribution in [1.82, 2.24) is 0 Å². The van der Waals surface area contributed by atoms with E-state index in [9.17, 15) is 9.59 Å². The zero-order chi connectivity index (χ0) is 9.28. The summed E-state index contributed by atoms with van der Waals surface area (Å²) < 4.78 is 0. The summed E-state index contributed by atoms with van der Waals surface area (Å²) in [5.41, 5.74) is 4.78. The van der Waals surface area contributed by atoms with Crippen molar-refractivity contribution >= 4 is 11.9 Å². The third-order valence-corrected chi connectivity index (χ3v) is 0.432. The smallest absolute Gasteiger partial charge is 0.314 e. The van der Waals surface area contributed by atoms with E-state index in [4.69, 9.17) is 21.1 Å². The molecular formula is C5H11NO5. The third-order valence-electron chi connectivity index (χ3n) is 0.432. The molecule has 6 nitrogen and oxygen atoms in total. The summed E-state index contributed by atoms with van der Waals surface area (Å²) in [6.07, 6.45) is -0.806. The molecule has 5 N–H and O–H groups in total. The summed E-state index contributed by atoms with van der Waals surface area (Å²) in [5.74, 6) is -2.62. The van der Waals surface area contributed by atoms with Gasteiger partial charge in [0.05, 0.1) is 6.61 Å². The summed E-state index contributed by atoms with van der Waals surface area (Å²) in [4.78, 5) is 18.9. The lowest BCUT2D eigenvalue weighted by Crippen LogP contribution is -2.03. The van der Waals surface area contributed by atoms with Gasteiger partial charge in [-0.2, -0.15) is 0 Å².